The third-order valence-electron chi connectivity index (χ3n) is 5.83. The first kappa shape index (κ1) is 32.1. The topological polar surface area (TPSA) is 24.1 Å². The van der Waals surface area contributed by atoms with Gasteiger partial charge in [-0.25, -0.2) is 0 Å². The van der Waals surface area contributed by atoms with E-state index in [-0.39, 0.29) is 0 Å². The molecule has 0 aliphatic heterocycles. The zero-order valence-corrected chi connectivity index (χ0v) is 22.0. The van der Waals surface area contributed by atoms with Crippen LogP contribution in [0.15, 0.2) is 0 Å². The van der Waals surface area contributed by atoms with Gasteiger partial charge in [-0.2, -0.15) is 0 Å². The molecule has 0 heterocycles. The Bertz CT molecular complexity index is 231. The first-order valence-corrected chi connectivity index (χ1v) is 14.2. The van der Waals surface area contributed by atoms with E-state index in [1.54, 1.807) is 0 Å². The lowest BCUT2D eigenvalue weighted by Gasteiger charge is -2.04. The molecule has 0 atom stereocenters. The van der Waals surface area contributed by atoms with Crippen molar-refractivity contribution in [2.75, 3.05) is 26.2 Å². The molecule has 0 amide bonds. The Labute approximate surface area is 193 Å². The fourth-order valence-corrected chi connectivity index (χ4v) is 3.66. The molecule has 0 aromatic rings. The molecular formula is C28H62N2. The van der Waals surface area contributed by atoms with E-state index in [0.717, 1.165) is 0 Å². The van der Waals surface area contributed by atoms with Crippen LogP contribution in [0.3, 0.4) is 0 Å². The Morgan fingerprint density at radius 1 is 0.267 bits per heavy atom. The molecule has 2 heteroatoms. The molecular weight excluding hydrogens is 364 g/mol. The van der Waals surface area contributed by atoms with Gasteiger partial charge in [0.15, 0.2) is 0 Å². The van der Waals surface area contributed by atoms with Crippen molar-refractivity contribution in [3.05, 3.63) is 0 Å². The van der Waals surface area contributed by atoms with Gasteiger partial charge in [-0.3, -0.25) is 0 Å². The van der Waals surface area contributed by atoms with Crippen LogP contribution in [-0.2, 0) is 0 Å². The first-order valence-electron chi connectivity index (χ1n) is 14.2. The molecule has 0 saturated heterocycles. The van der Waals surface area contributed by atoms with Crippen molar-refractivity contribution in [2.24, 2.45) is 0 Å². The fourth-order valence-electron chi connectivity index (χ4n) is 3.66. The number of nitrogens with one attached hydrogen (secondary N) is 2. The summed E-state index contributed by atoms with van der Waals surface area (Å²) in [5, 5.41) is 7.07. The normalized spacial score (nSPS) is 10.8. The lowest BCUT2D eigenvalue weighted by Crippen LogP contribution is -2.16. The number of unbranched alkanes of at least 4 members (excludes halogenated alkanes) is 16. The largest absolute Gasteiger partial charge is 0.317 e. The van der Waals surface area contributed by atoms with Gasteiger partial charge in [0.25, 0.3) is 0 Å². The second-order valence-electron chi connectivity index (χ2n) is 9.16. The van der Waals surface area contributed by atoms with E-state index in [1.807, 2.05) is 0 Å². The maximum absolute atomic E-state index is 3.57. The molecule has 30 heavy (non-hydrogen) atoms. The van der Waals surface area contributed by atoms with Gasteiger partial charge in [-0.05, 0) is 51.9 Å². The highest BCUT2D eigenvalue weighted by Gasteiger charge is 1.92. The molecule has 0 aliphatic rings. The number of hydrogen-bond donors (Lipinski definition) is 2. The van der Waals surface area contributed by atoms with Crippen molar-refractivity contribution in [1.82, 2.24) is 10.6 Å². The lowest BCUT2D eigenvalue weighted by molar-refractivity contribution is 0.543. The van der Waals surface area contributed by atoms with Crippen LogP contribution in [0.5, 0.6) is 0 Å². The standard InChI is InChI=1S/C16H35N.C12H27N/c1-3-5-7-9-11-13-15-17-16-14-12-10-8-6-4-2;1-3-5-7-9-11-13-12-10-8-6-4-2/h17H,3-16H2,1-2H3;13H,3-12H2,1-2H3. The van der Waals surface area contributed by atoms with Crippen molar-refractivity contribution in [1.29, 1.82) is 0 Å². The highest BCUT2D eigenvalue weighted by molar-refractivity contribution is 4.52. The fraction of sp³-hybridized carbons (Fsp3) is 1.00. The lowest BCUT2D eigenvalue weighted by atomic mass is 10.1. The predicted octanol–water partition coefficient (Wildman–Crippen LogP) is 9.03. The van der Waals surface area contributed by atoms with Crippen molar-refractivity contribution in [3.8, 4) is 0 Å². The van der Waals surface area contributed by atoms with Crippen LogP contribution in [0, 0.1) is 0 Å². The van der Waals surface area contributed by atoms with Crippen molar-refractivity contribution in [3.63, 3.8) is 0 Å². The second kappa shape index (κ2) is 33.6. The Kier molecular flexibility index (Phi) is 35.9. The molecule has 0 aromatic heterocycles. The molecule has 2 N–H and O–H groups in total. The van der Waals surface area contributed by atoms with Gasteiger partial charge < -0.3 is 10.6 Å². The molecule has 0 rings (SSSR count). The maximum Gasteiger partial charge on any atom is -0.00489 e. The minimum absolute atomic E-state index is 1.23. The third-order valence-corrected chi connectivity index (χ3v) is 5.83. The summed E-state index contributed by atoms with van der Waals surface area (Å²) in [4.78, 5) is 0. The Morgan fingerprint density at radius 3 is 0.733 bits per heavy atom. The Morgan fingerprint density at radius 2 is 0.467 bits per heavy atom. The van der Waals surface area contributed by atoms with Gasteiger partial charge in [-0.15, -0.1) is 0 Å². The van der Waals surface area contributed by atoms with Gasteiger partial charge in [0.05, 0.1) is 0 Å². The summed E-state index contributed by atoms with van der Waals surface area (Å²) < 4.78 is 0. The molecule has 0 aromatic carbocycles. The van der Waals surface area contributed by atoms with Gasteiger partial charge in [-0.1, -0.05) is 130 Å². The minimum atomic E-state index is 1.23. The summed E-state index contributed by atoms with van der Waals surface area (Å²) >= 11 is 0. The van der Waals surface area contributed by atoms with Crippen molar-refractivity contribution < 1.29 is 0 Å². The predicted molar refractivity (Wildman–Crippen MR) is 141 cm³/mol. The Hall–Kier alpha value is -0.0800. The van der Waals surface area contributed by atoms with E-state index in [2.05, 4.69) is 38.3 Å². The van der Waals surface area contributed by atoms with E-state index in [0.29, 0.717) is 0 Å². The third kappa shape index (κ3) is 35.4. The van der Waals surface area contributed by atoms with Gasteiger partial charge in [0.2, 0.25) is 0 Å². The van der Waals surface area contributed by atoms with Crippen LogP contribution in [0.1, 0.15) is 156 Å². The van der Waals surface area contributed by atoms with Crippen molar-refractivity contribution in [2.45, 2.75) is 156 Å². The summed E-state index contributed by atoms with van der Waals surface area (Å²) in [5.74, 6) is 0. The highest BCUT2D eigenvalue weighted by atomic mass is 14.8. The zero-order chi connectivity index (χ0) is 22.4. The molecule has 0 fully saturated rings. The number of hydrogen-bond acceptors (Lipinski definition) is 2. The van der Waals surface area contributed by atoms with E-state index >= 15 is 0 Å². The average molecular weight is 427 g/mol. The van der Waals surface area contributed by atoms with Crippen LogP contribution >= 0.6 is 0 Å². The summed E-state index contributed by atoms with van der Waals surface area (Å²) in [6.45, 7) is 14.0. The van der Waals surface area contributed by atoms with Gasteiger partial charge >= 0.3 is 0 Å². The van der Waals surface area contributed by atoms with E-state index in [4.69, 9.17) is 0 Å². The highest BCUT2D eigenvalue weighted by Crippen LogP contribution is 2.05. The molecule has 184 valence electrons. The van der Waals surface area contributed by atoms with E-state index in [9.17, 15) is 0 Å². The summed E-state index contributed by atoms with van der Waals surface area (Å²) in [7, 11) is 0. The Balaban J connectivity index is 0. The molecule has 0 spiro atoms. The molecule has 0 bridgehead atoms. The van der Waals surface area contributed by atoms with Gasteiger partial charge in [0.1, 0.15) is 0 Å². The quantitative estimate of drug-likeness (QED) is 0.150. The maximum atomic E-state index is 3.57. The van der Waals surface area contributed by atoms with Gasteiger partial charge in [0, 0.05) is 0 Å². The number of rotatable bonds is 24. The summed E-state index contributed by atoms with van der Waals surface area (Å²) in [6.07, 6.45) is 27.9. The van der Waals surface area contributed by atoms with Crippen LogP contribution in [0.4, 0.5) is 0 Å². The summed E-state index contributed by atoms with van der Waals surface area (Å²) in [6, 6.07) is 0. The van der Waals surface area contributed by atoms with Crippen molar-refractivity contribution >= 4 is 0 Å². The monoisotopic (exact) mass is 426 g/mol. The minimum Gasteiger partial charge on any atom is -0.317 e. The molecule has 0 aliphatic carbocycles. The first-order chi connectivity index (χ1) is 14.8. The second-order valence-corrected chi connectivity index (χ2v) is 9.16. The van der Waals surface area contributed by atoms with Crippen LogP contribution in [0.2, 0.25) is 0 Å². The van der Waals surface area contributed by atoms with Crippen LogP contribution in [-0.4, -0.2) is 26.2 Å². The zero-order valence-electron chi connectivity index (χ0n) is 22.0. The summed E-state index contributed by atoms with van der Waals surface area (Å²) in [5.41, 5.74) is 0. The molecule has 0 radical (unpaired) electrons. The smallest absolute Gasteiger partial charge is 0.00489 e. The SMILES string of the molecule is CCCCCCCCNCCCCCCCC.CCCCCCNCCCCCC. The molecule has 0 saturated carbocycles. The van der Waals surface area contributed by atoms with Crippen LogP contribution in [0.25, 0.3) is 0 Å². The molecule has 2 nitrogen and oxygen atoms in total. The van der Waals surface area contributed by atoms with E-state index < -0.39 is 0 Å². The van der Waals surface area contributed by atoms with Crippen LogP contribution < -0.4 is 10.6 Å². The van der Waals surface area contributed by atoms with E-state index in [1.165, 1.54) is 155 Å². The molecule has 0 unspecified atom stereocenters. The average Bonchev–Trinajstić information content (AvgIpc) is 2.76.